The Balaban J connectivity index is 5.17. The first-order valence-electron chi connectivity index (χ1n) is 9.42. The third-order valence-corrected chi connectivity index (χ3v) is 4.39. The number of carboxylic acids is 1. The Bertz CT molecular complexity index is 607. The number of nitrogens with one attached hydrogen (secondary N) is 2. The standard InChI is InChI=1S/C17H33N7O5/c1-3-9(2)13(16(28)29)24-15(27)11(5-4-8-22-17(20)21)23-14(26)10(18)6-7-12(19)25/h9-11,13H,3-8,18H2,1-2H3,(H2,19,25)(H,23,26)(H,24,27)(H,28,29)(H4,20,21,22). The van der Waals surface area contributed by atoms with Crippen molar-refractivity contribution in [3.05, 3.63) is 0 Å². The number of aliphatic imine (C=N–C) groups is 1. The fourth-order valence-electron chi connectivity index (χ4n) is 2.42. The van der Waals surface area contributed by atoms with Crippen LogP contribution in [0, 0.1) is 5.92 Å². The molecule has 0 heterocycles. The number of hydrogen-bond donors (Lipinski definition) is 7. The van der Waals surface area contributed by atoms with E-state index in [0.29, 0.717) is 12.8 Å². The predicted molar refractivity (Wildman–Crippen MR) is 107 cm³/mol. The summed E-state index contributed by atoms with van der Waals surface area (Å²) in [7, 11) is 0. The van der Waals surface area contributed by atoms with Crippen LogP contribution in [0.4, 0.5) is 0 Å². The largest absolute Gasteiger partial charge is 0.480 e. The maximum Gasteiger partial charge on any atom is 0.326 e. The lowest BCUT2D eigenvalue weighted by Crippen LogP contribution is -2.55. The van der Waals surface area contributed by atoms with Crippen molar-refractivity contribution in [2.45, 2.75) is 64.1 Å². The van der Waals surface area contributed by atoms with Gasteiger partial charge in [0.05, 0.1) is 6.04 Å². The van der Waals surface area contributed by atoms with E-state index in [1.807, 2.05) is 0 Å². The van der Waals surface area contributed by atoms with Gasteiger partial charge in [0.1, 0.15) is 12.1 Å². The van der Waals surface area contributed by atoms with Gasteiger partial charge in [-0.1, -0.05) is 20.3 Å². The molecule has 3 amide bonds. The number of amides is 3. The number of carbonyl (C=O) groups excluding carboxylic acids is 3. The summed E-state index contributed by atoms with van der Waals surface area (Å²) in [5.74, 6) is -3.49. The number of carboxylic acid groups (broad SMARTS) is 1. The molecule has 4 unspecified atom stereocenters. The highest BCUT2D eigenvalue weighted by Crippen LogP contribution is 2.09. The Morgan fingerprint density at radius 2 is 1.66 bits per heavy atom. The van der Waals surface area contributed by atoms with E-state index in [1.165, 1.54) is 0 Å². The fourth-order valence-corrected chi connectivity index (χ4v) is 2.42. The minimum atomic E-state index is -1.17. The molecule has 4 atom stereocenters. The van der Waals surface area contributed by atoms with E-state index in [1.54, 1.807) is 13.8 Å². The fraction of sp³-hybridized carbons (Fsp3) is 0.706. The summed E-state index contributed by atoms with van der Waals surface area (Å²) < 4.78 is 0. The normalized spacial score (nSPS) is 14.7. The minimum Gasteiger partial charge on any atom is -0.480 e. The van der Waals surface area contributed by atoms with Crippen LogP contribution >= 0.6 is 0 Å². The second-order valence-corrected chi connectivity index (χ2v) is 6.83. The van der Waals surface area contributed by atoms with Gasteiger partial charge in [0, 0.05) is 13.0 Å². The van der Waals surface area contributed by atoms with Crippen molar-refractivity contribution in [3.63, 3.8) is 0 Å². The van der Waals surface area contributed by atoms with E-state index in [-0.39, 0.29) is 37.7 Å². The van der Waals surface area contributed by atoms with Crippen LogP contribution in [0.3, 0.4) is 0 Å². The summed E-state index contributed by atoms with van der Waals surface area (Å²) in [6.45, 7) is 3.73. The molecule has 0 radical (unpaired) electrons. The van der Waals surface area contributed by atoms with Gasteiger partial charge in [0.15, 0.2) is 5.96 Å². The summed E-state index contributed by atoms with van der Waals surface area (Å²) >= 11 is 0. The number of rotatable bonds is 14. The van der Waals surface area contributed by atoms with E-state index in [0.717, 1.165) is 0 Å². The molecule has 0 rings (SSSR count). The van der Waals surface area contributed by atoms with E-state index < -0.39 is 41.8 Å². The predicted octanol–water partition coefficient (Wildman–Crippen LogP) is -2.27. The molecular weight excluding hydrogens is 382 g/mol. The van der Waals surface area contributed by atoms with Crippen LogP contribution in [0.2, 0.25) is 0 Å². The van der Waals surface area contributed by atoms with Crippen LogP contribution in [-0.2, 0) is 19.2 Å². The van der Waals surface area contributed by atoms with E-state index >= 15 is 0 Å². The lowest BCUT2D eigenvalue weighted by Gasteiger charge is -2.25. The highest BCUT2D eigenvalue weighted by atomic mass is 16.4. The Morgan fingerprint density at radius 3 is 2.14 bits per heavy atom. The molecule has 0 fully saturated rings. The molecule has 0 aromatic rings. The Labute approximate surface area is 169 Å². The highest BCUT2D eigenvalue weighted by molar-refractivity contribution is 5.92. The van der Waals surface area contributed by atoms with E-state index in [4.69, 9.17) is 22.9 Å². The van der Waals surface area contributed by atoms with Crippen molar-refractivity contribution >= 4 is 29.7 Å². The third kappa shape index (κ3) is 10.9. The summed E-state index contributed by atoms with van der Waals surface area (Å²) in [6, 6.07) is -3.18. The highest BCUT2D eigenvalue weighted by Gasteiger charge is 2.30. The van der Waals surface area contributed by atoms with Gasteiger partial charge in [0.25, 0.3) is 0 Å². The molecule has 0 aliphatic heterocycles. The molecule has 12 heteroatoms. The van der Waals surface area contributed by atoms with E-state index in [2.05, 4.69) is 15.6 Å². The zero-order chi connectivity index (χ0) is 22.6. The first-order chi connectivity index (χ1) is 13.5. The summed E-state index contributed by atoms with van der Waals surface area (Å²) in [6.07, 6.45) is 0.994. The first-order valence-corrected chi connectivity index (χ1v) is 9.42. The van der Waals surface area contributed by atoms with Gasteiger partial charge in [-0.15, -0.1) is 0 Å². The van der Waals surface area contributed by atoms with Crippen molar-refractivity contribution < 1.29 is 24.3 Å². The molecule has 0 aliphatic carbocycles. The number of hydrogen-bond acceptors (Lipinski definition) is 6. The third-order valence-electron chi connectivity index (χ3n) is 4.39. The number of nitrogens with two attached hydrogens (primary N) is 4. The molecule has 12 nitrogen and oxygen atoms in total. The lowest BCUT2D eigenvalue weighted by atomic mass is 9.98. The Hall–Kier alpha value is -2.89. The van der Waals surface area contributed by atoms with Gasteiger partial charge in [0.2, 0.25) is 17.7 Å². The molecule has 0 aromatic heterocycles. The molecule has 0 spiro atoms. The van der Waals surface area contributed by atoms with Gasteiger partial charge in [-0.3, -0.25) is 19.4 Å². The SMILES string of the molecule is CCC(C)C(NC(=O)C(CCCN=C(N)N)NC(=O)C(N)CCC(N)=O)C(=O)O. The average molecular weight is 415 g/mol. The van der Waals surface area contributed by atoms with Crippen molar-refractivity contribution in [3.8, 4) is 0 Å². The van der Waals surface area contributed by atoms with Crippen molar-refractivity contribution in [1.82, 2.24) is 10.6 Å². The zero-order valence-corrected chi connectivity index (χ0v) is 16.9. The first kappa shape index (κ1) is 26.1. The van der Waals surface area contributed by atoms with Crippen LogP contribution in [0.25, 0.3) is 0 Å². The number of nitrogens with zero attached hydrogens (tertiary/aromatic N) is 1. The smallest absolute Gasteiger partial charge is 0.326 e. The van der Waals surface area contributed by atoms with Crippen LogP contribution in [-0.4, -0.2) is 59.4 Å². The molecule has 11 N–H and O–H groups in total. The lowest BCUT2D eigenvalue weighted by molar-refractivity contribution is -0.143. The van der Waals surface area contributed by atoms with Gasteiger partial charge in [-0.2, -0.15) is 0 Å². The monoisotopic (exact) mass is 415 g/mol. The second-order valence-electron chi connectivity index (χ2n) is 6.83. The zero-order valence-electron chi connectivity index (χ0n) is 16.9. The number of guanidine groups is 1. The summed E-state index contributed by atoms with van der Waals surface area (Å²) in [5.41, 5.74) is 21.3. The average Bonchev–Trinajstić information content (AvgIpc) is 2.64. The van der Waals surface area contributed by atoms with Crippen LogP contribution in [0.5, 0.6) is 0 Å². The van der Waals surface area contributed by atoms with E-state index in [9.17, 15) is 24.3 Å². The molecule has 0 bridgehead atoms. The van der Waals surface area contributed by atoms with Crippen molar-refractivity contribution in [2.24, 2.45) is 33.8 Å². The van der Waals surface area contributed by atoms with Gasteiger partial charge in [-0.25, -0.2) is 4.79 Å². The quantitative estimate of drug-likeness (QED) is 0.0926. The maximum absolute atomic E-state index is 12.6. The van der Waals surface area contributed by atoms with Gasteiger partial charge < -0.3 is 38.7 Å². The van der Waals surface area contributed by atoms with Crippen LogP contribution in [0.15, 0.2) is 4.99 Å². The van der Waals surface area contributed by atoms with Gasteiger partial charge >= 0.3 is 5.97 Å². The number of primary amides is 1. The minimum absolute atomic E-state index is 0.0220. The molecular formula is C17H33N7O5. The molecule has 0 aromatic carbocycles. The van der Waals surface area contributed by atoms with Gasteiger partial charge in [-0.05, 0) is 25.2 Å². The molecule has 0 saturated heterocycles. The number of carbonyl (C=O) groups is 4. The van der Waals surface area contributed by atoms with Crippen molar-refractivity contribution in [1.29, 1.82) is 0 Å². The summed E-state index contributed by atoms with van der Waals surface area (Å²) in [4.78, 5) is 51.0. The second kappa shape index (κ2) is 13.3. The Morgan fingerprint density at radius 1 is 1.03 bits per heavy atom. The van der Waals surface area contributed by atoms with Crippen molar-refractivity contribution in [2.75, 3.05) is 6.54 Å². The summed E-state index contributed by atoms with van der Waals surface area (Å²) in [5, 5.41) is 14.3. The molecule has 29 heavy (non-hydrogen) atoms. The number of aliphatic carboxylic acids is 1. The molecule has 166 valence electrons. The van der Waals surface area contributed by atoms with Crippen LogP contribution in [0.1, 0.15) is 46.0 Å². The molecule has 0 saturated carbocycles. The maximum atomic E-state index is 12.6. The Kier molecular flexibility index (Phi) is 12.0. The van der Waals surface area contributed by atoms with Crippen LogP contribution < -0.4 is 33.6 Å². The molecule has 0 aliphatic rings. The topological polar surface area (TPSA) is 229 Å².